The van der Waals surface area contributed by atoms with Crippen molar-refractivity contribution in [2.24, 2.45) is 5.92 Å². The predicted molar refractivity (Wildman–Crippen MR) is 109 cm³/mol. The lowest BCUT2D eigenvalue weighted by atomic mass is 9.97. The molecule has 0 bridgehead atoms. The highest BCUT2D eigenvalue weighted by molar-refractivity contribution is 5.77. The van der Waals surface area contributed by atoms with Crippen LogP contribution in [0.25, 0.3) is 11.1 Å². The fraction of sp³-hybridized carbons (Fsp3) is 0.364. The van der Waals surface area contributed by atoms with Gasteiger partial charge in [-0.15, -0.1) is 0 Å². The Bertz CT molecular complexity index is 912. The number of piperidine rings is 1. The van der Waals surface area contributed by atoms with Crippen LogP contribution in [0.1, 0.15) is 18.4 Å². The van der Waals surface area contributed by atoms with Crippen molar-refractivity contribution in [1.29, 1.82) is 0 Å². The number of carbonyl (C=O) groups is 1. The Labute approximate surface area is 164 Å². The first-order valence-corrected chi connectivity index (χ1v) is 9.74. The van der Waals surface area contributed by atoms with Crippen molar-refractivity contribution >= 4 is 23.0 Å². The Balaban J connectivity index is 1.20. The Morgan fingerprint density at radius 2 is 2.04 bits per heavy atom. The number of aryl methyl sites for hydroxylation is 1. The number of benzene rings is 2. The summed E-state index contributed by atoms with van der Waals surface area (Å²) in [5.74, 6) is 1.10. The second-order valence-electron chi connectivity index (χ2n) is 7.30. The van der Waals surface area contributed by atoms with Gasteiger partial charge in [-0.2, -0.15) is 4.98 Å². The van der Waals surface area contributed by atoms with Gasteiger partial charge in [-0.05, 0) is 55.5 Å². The molecule has 6 heteroatoms. The first kappa shape index (κ1) is 18.3. The highest BCUT2D eigenvalue weighted by Crippen LogP contribution is 2.26. The molecule has 146 valence electrons. The van der Waals surface area contributed by atoms with E-state index in [4.69, 9.17) is 9.15 Å². The molecule has 0 radical (unpaired) electrons. The van der Waals surface area contributed by atoms with E-state index < -0.39 is 0 Å². The molecule has 1 amide bonds. The average molecular weight is 379 g/mol. The number of para-hydroxylation sites is 2. The molecular formula is C22H25N3O3. The summed E-state index contributed by atoms with van der Waals surface area (Å²) in [4.78, 5) is 18.8. The third-order valence-corrected chi connectivity index (χ3v) is 5.12. The maximum Gasteiger partial charge on any atom is 0.298 e. The van der Waals surface area contributed by atoms with Crippen LogP contribution in [-0.2, 0) is 4.79 Å². The maximum atomic E-state index is 12.1. The number of ether oxygens (including phenoxy) is 1. The van der Waals surface area contributed by atoms with Gasteiger partial charge < -0.3 is 19.4 Å². The molecule has 2 heterocycles. The molecule has 0 atom stereocenters. The predicted octanol–water partition coefficient (Wildman–Crippen LogP) is 3.55. The molecule has 1 aliphatic rings. The Hall–Kier alpha value is -3.02. The van der Waals surface area contributed by atoms with E-state index in [9.17, 15) is 4.79 Å². The number of oxazole rings is 1. The number of amides is 1. The van der Waals surface area contributed by atoms with Crippen LogP contribution >= 0.6 is 0 Å². The van der Waals surface area contributed by atoms with E-state index in [1.165, 1.54) is 0 Å². The fourth-order valence-corrected chi connectivity index (χ4v) is 3.49. The van der Waals surface area contributed by atoms with Crippen LogP contribution in [0.5, 0.6) is 5.75 Å². The second-order valence-corrected chi connectivity index (χ2v) is 7.30. The van der Waals surface area contributed by atoms with Gasteiger partial charge in [0.1, 0.15) is 11.3 Å². The van der Waals surface area contributed by atoms with E-state index >= 15 is 0 Å². The summed E-state index contributed by atoms with van der Waals surface area (Å²) < 4.78 is 11.4. The van der Waals surface area contributed by atoms with Crippen molar-refractivity contribution in [2.75, 3.05) is 31.1 Å². The molecule has 1 fully saturated rings. The minimum absolute atomic E-state index is 0.0468. The summed E-state index contributed by atoms with van der Waals surface area (Å²) in [5.41, 5.74) is 2.82. The lowest BCUT2D eigenvalue weighted by molar-refractivity contribution is -0.123. The average Bonchev–Trinajstić information content (AvgIpc) is 3.15. The first-order chi connectivity index (χ1) is 13.7. The van der Waals surface area contributed by atoms with Crippen LogP contribution in [0.3, 0.4) is 0 Å². The highest BCUT2D eigenvalue weighted by atomic mass is 16.5. The van der Waals surface area contributed by atoms with E-state index in [2.05, 4.69) is 15.2 Å². The number of aromatic nitrogens is 1. The van der Waals surface area contributed by atoms with Crippen LogP contribution in [-0.4, -0.2) is 37.1 Å². The van der Waals surface area contributed by atoms with Gasteiger partial charge in [0.25, 0.3) is 11.9 Å². The molecular weight excluding hydrogens is 354 g/mol. The zero-order chi connectivity index (χ0) is 19.3. The minimum atomic E-state index is -0.0807. The van der Waals surface area contributed by atoms with Gasteiger partial charge in [0.05, 0.1) is 0 Å². The molecule has 0 saturated carbocycles. The monoisotopic (exact) mass is 379 g/mol. The third kappa shape index (κ3) is 4.44. The lowest BCUT2D eigenvalue weighted by Crippen LogP contribution is -2.39. The number of fused-ring (bicyclic) bond motifs is 1. The SMILES string of the molecule is Cc1cccc(OCC(=O)NCC2CCN(c3nc4ccccc4o3)CC2)c1. The van der Waals surface area contributed by atoms with Gasteiger partial charge in [0.2, 0.25) is 0 Å². The molecule has 0 aliphatic carbocycles. The van der Waals surface area contributed by atoms with Gasteiger partial charge in [0.15, 0.2) is 12.2 Å². The number of nitrogens with zero attached hydrogens (tertiary/aromatic N) is 2. The minimum Gasteiger partial charge on any atom is -0.484 e. The van der Waals surface area contributed by atoms with Crippen LogP contribution in [0.4, 0.5) is 6.01 Å². The van der Waals surface area contributed by atoms with Gasteiger partial charge >= 0.3 is 0 Å². The molecule has 4 rings (SSSR count). The van der Waals surface area contributed by atoms with Crippen LogP contribution < -0.4 is 15.0 Å². The first-order valence-electron chi connectivity index (χ1n) is 9.74. The molecule has 1 aliphatic heterocycles. The summed E-state index contributed by atoms with van der Waals surface area (Å²) in [6.45, 7) is 4.49. The van der Waals surface area contributed by atoms with Crippen molar-refractivity contribution in [3.05, 3.63) is 54.1 Å². The zero-order valence-electron chi connectivity index (χ0n) is 16.1. The summed E-state index contributed by atoms with van der Waals surface area (Å²) in [7, 11) is 0. The third-order valence-electron chi connectivity index (χ3n) is 5.12. The number of carbonyl (C=O) groups excluding carboxylic acids is 1. The molecule has 2 aromatic carbocycles. The standard InChI is InChI=1S/C22H25N3O3/c1-16-5-4-6-18(13-16)27-15-21(26)23-14-17-9-11-25(12-10-17)22-24-19-7-2-3-8-20(19)28-22/h2-8,13,17H,9-12,14-15H2,1H3,(H,23,26). The quantitative estimate of drug-likeness (QED) is 0.709. The molecule has 1 aromatic heterocycles. The topological polar surface area (TPSA) is 67.6 Å². The van der Waals surface area contributed by atoms with Crippen LogP contribution in [0, 0.1) is 12.8 Å². The van der Waals surface area contributed by atoms with E-state index in [1.54, 1.807) is 0 Å². The van der Waals surface area contributed by atoms with Gasteiger partial charge in [-0.25, -0.2) is 0 Å². The lowest BCUT2D eigenvalue weighted by Gasteiger charge is -2.30. The molecule has 3 aromatic rings. The van der Waals surface area contributed by atoms with Gasteiger partial charge in [-0.1, -0.05) is 24.3 Å². The smallest absolute Gasteiger partial charge is 0.298 e. The number of anilines is 1. The Kier molecular flexibility index (Phi) is 5.46. The van der Waals surface area contributed by atoms with Gasteiger partial charge in [0, 0.05) is 19.6 Å². The second kappa shape index (κ2) is 8.33. The van der Waals surface area contributed by atoms with E-state index in [1.807, 2.05) is 55.5 Å². The number of hydrogen-bond acceptors (Lipinski definition) is 5. The normalized spacial score (nSPS) is 15.0. The molecule has 0 spiro atoms. The Morgan fingerprint density at radius 1 is 1.21 bits per heavy atom. The summed E-state index contributed by atoms with van der Waals surface area (Å²) in [5, 5.41) is 2.99. The molecule has 0 unspecified atom stereocenters. The van der Waals surface area contributed by atoms with E-state index in [0.717, 1.165) is 48.3 Å². The molecule has 28 heavy (non-hydrogen) atoms. The summed E-state index contributed by atoms with van der Waals surface area (Å²) in [6.07, 6.45) is 2.00. The maximum absolute atomic E-state index is 12.1. The van der Waals surface area contributed by atoms with Crippen molar-refractivity contribution in [1.82, 2.24) is 10.3 Å². The van der Waals surface area contributed by atoms with Gasteiger partial charge in [-0.3, -0.25) is 4.79 Å². The van der Waals surface area contributed by atoms with Crippen molar-refractivity contribution < 1.29 is 13.9 Å². The fourth-order valence-electron chi connectivity index (χ4n) is 3.49. The van der Waals surface area contributed by atoms with Crippen LogP contribution in [0.2, 0.25) is 0 Å². The van der Waals surface area contributed by atoms with Crippen LogP contribution in [0.15, 0.2) is 52.9 Å². The highest BCUT2D eigenvalue weighted by Gasteiger charge is 2.23. The largest absolute Gasteiger partial charge is 0.484 e. The summed E-state index contributed by atoms with van der Waals surface area (Å²) in [6, 6.07) is 16.2. The van der Waals surface area contributed by atoms with E-state index in [0.29, 0.717) is 18.5 Å². The number of rotatable bonds is 6. The number of hydrogen-bond donors (Lipinski definition) is 1. The zero-order valence-corrected chi connectivity index (χ0v) is 16.1. The number of nitrogens with one attached hydrogen (secondary N) is 1. The van der Waals surface area contributed by atoms with Crippen molar-refractivity contribution in [2.45, 2.75) is 19.8 Å². The Morgan fingerprint density at radius 3 is 2.82 bits per heavy atom. The molecule has 1 saturated heterocycles. The van der Waals surface area contributed by atoms with Crippen molar-refractivity contribution in [3.8, 4) is 5.75 Å². The van der Waals surface area contributed by atoms with E-state index in [-0.39, 0.29) is 12.5 Å². The summed E-state index contributed by atoms with van der Waals surface area (Å²) >= 11 is 0. The molecule has 6 nitrogen and oxygen atoms in total. The molecule has 1 N–H and O–H groups in total. The van der Waals surface area contributed by atoms with Crippen molar-refractivity contribution in [3.63, 3.8) is 0 Å².